The van der Waals surface area contributed by atoms with E-state index in [4.69, 9.17) is 10.5 Å². The lowest BCUT2D eigenvalue weighted by molar-refractivity contribution is 0.0998. The lowest BCUT2D eigenvalue weighted by atomic mass is 10.3. The van der Waals surface area contributed by atoms with Crippen LogP contribution in [0, 0.1) is 0 Å². The predicted molar refractivity (Wildman–Crippen MR) is 71.3 cm³/mol. The molecular formula is C12H11NO4S2. The topological polar surface area (TPSA) is 86.5 Å². The molecule has 1 aromatic heterocycles. The van der Waals surface area contributed by atoms with Gasteiger partial charge >= 0.3 is 0 Å². The van der Waals surface area contributed by atoms with Crippen LogP contribution in [0.4, 0.5) is 0 Å². The fraction of sp³-hybridized carbons (Fsp3) is 0.0833. The Kier molecular flexibility index (Phi) is 3.59. The Balaban J connectivity index is 2.52. The number of rotatable bonds is 4. The summed E-state index contributed by atoms with van der Waals surface area (Å²) in [5, 5.41) is 1.52. The van der Waals surface area contributed by atoms with Crippen molar-refractivity contribution in [2.24, 2.45) is 5.73 Å². The van der Waals surface area contributed by atoms with E-state index in [1.54, 1.807) is 12.1 Å². The maximum Gasteiger partial charge on any atom is 0.250 e. The molecule has 0 spiro atoms. The molecule has 0 aliphatic carbocycles. The van der Waals surface area contributed by atoms with E-state index in [1.165, 1.54) is 30.7 Å². The van der Waals surface area contributed by atoms with Gasteiger partial charge < -0.3 is 10.5 Å². The zero-order chi connectivity index (χ0) is 14.0. The highest BCUT2D eigenvalue weighted by Gasteiger charge is 2.25. The first-order chi connectivity index (χ1) is 8.96. The van der Waals surface area contributed by atoms with Crippen LogP contribution < -0.4 is 10.5 Å². The van der Waals surface area contributed by atoms with Crippen molar-refractivity contribution >= 4 is 27.1 Å². The number of hydrogen-bond acceptors (Lipinski definition) is 5. The lowest BCUT2D eigenvalue weighted by Crippen LogP contribution is -2.14. The molecule has 0 radical (unpaired) electrons. The molecule has 0 aliphatic heterocycles. The molecule has 2 rings (SSSR count). The van der Waals surface area contributed by atoms with Gasteiger partial charge in [-0.3, -0.25) is 4.79 Å². The average molecular weight is 297 g/mol. The van der Waals surface area contributed by atoms with E-state index in [1.807, 2.05) is 0 Å². The van der Waals surface area contributed by atoms with E-state index in [0.29, 0.717) is 5.75 Å². The van der Waals surface area contributed by atoms with E-state index >= 15 is 0 Å². The Morgan fingerprint density at radius 3 is 2.37 bits per heavy atom. The van der Waals surface area contributed by atoms with Crippen molar-refractivity contribution < 1.29 is 17.9 Å². The summed E-state index contributed by atoms with van der Waals surface area (Å²) in [4.78, 5) is 11.3. The van der Waals surface area contributed by atoms with Crippen LogP contribution in [-0.2, 0) is 9.84 Å². The highest BCUT2D eigenvalue weighted by molar-refractivity contribution is 7.93. The van der Waals surface area contributed by atoms with E-state index in [0.717, 1.165) is 11.3 Å². The molecular weight excluding hydrogens is 286 g/mol. The van der Waals surface area contributed by atoms with Gasteiger partial charge in [0.25, 0.3) is 5.91 Å². The summed E-state index contributed by atoms with van der Waals surface area (Å²) in [6, 6.07) is 7.36. The molecule has 2 N–H and O–H groups in total. The normalized spacial score (nSPS) is 11.2. The molecule has 0 aliphatic rings. The number of hydrogen-bond donors (Lipinski definition) is 1. The number of carbonyl (C=O) groups is 1. The van der Waals surface area contributed by atoms with Crippen molar-refractivity contribution in [3.8, 4) is 5.75 Å². The second-order valence-electron chi connectivity index (χ2n) is 3.66. The minimum Gasteiger partial charge on any atom is -0.497 e. The summed E-state index contributed by atoms with van der Waals surface area (Å²) < 4.78 is 29.7. The number of nitrogens with two attached hydrogens (primary N) is 1. The van der Waals surface area contributed by atoms with Crippen molar-refractivity contribution in [3.63, 3.8) is 0 Å². The second-order valence-corrected chi connectivity index (χ2v) is 6.73. The van der Waals surface area contributed by atoms with Crippen LogP contribution in [0.3, 0.4) is 0 Å². The number of carbonyl (C=O) groups excluding carboxylic acids is 1. The molecule has 1 amide bonds. The molecule has 7 heteroatoms. The Morgan fingerprint density at radius 1 is 1.21 bits per heavy atom. The number of primary amides is 1. The smallest absolute Gasteiger partial charge is 0.250 e. The van der Waals surface area contributed by atoms with Gasteiger partial charge in [0.1, 0.15) is 9.96 Å². The number of benzene rings is 1. The van der Waals surface area contributed by atoms with Crippen molar-refractivity contribution in [1.29, 1.82) is 0 Å². The predicted octanol–water partition coefficient (Wildman–Crippen LogP) is 1.69. The quantitative estimate of drug-likeness (QED) is 0.930. The van der Waals surface area contributed by atoms with Crippen LogP contribution >= 0.6 is 11.3 Å². The van der Waals surface area contributed by atoms with E-state index in [9.17, 15) is 13.2 Å². The van der Waals surface area contributed by atoms with Gasteiger partial charge in [0, 0.05) is 0 Å². The van der Waals surface area contributed by atoms with E-state index in [-0.39, 0.29) is 14.7 Å². The summed E-state index contributed by atoms with van der Waals surface area (Å²) in [5.41, 5.74) is 5.18. The van der Waals surface area contributed by atoms with Crippen molar-refractivity contribution in [3.05, 3.63) is 41.3 Å². The van der Waals surface area contributed by atoms with Gasteiger partial charge in [0.2, 0.25) is 9.84 Å². The highest BCUT2D eigenvalue weighted by Crippen LogP contribution is 2.29. The SMILES string of the molecule is COc1ccc(S(=O)(=O)c2sccc2C(N)=O)cc1. The van der Waals surface area contributed by atoms with E-state index in [2.05, 4.69) is 0 Å². The van der Waals surface area contributed by atoms with Crippen LogP contribution in [0.2, 0.25) is 0 Å². The Morgan fingerprint density at radius 2 is 1.84 bits per heavy atom. The van der Waals surface area contributed by atoms with Crippen LogP contribution in [0.5, 0.6) is 5.75 Å². The van der Waals surface area contributed by atoms with Gasteiger partial charge in [0.15, 0.2) is 0 Å². The third-order valence-electron chi connectivity index (χ3n) is 2.51. The lowest BCUT2D eigenvalue weighted by Gasteiger charge is -2.05. The molecule has 0 saturated carbocycles. The first-order valence-electron chi connectivity index (χ1n) is 5.23. The number of thiophene rings is 1. The Hall–Kier alpha value is -1.86. The van der Waals surface area contributed by atoms with Crippen LogP contribution in [0.1, 0.15) is 10.4 Å². The molecule has 1 aromatic carbocycles. The number of ether oxygens (including phenoxy) is 1. The number of sulfone groups is 1. The molecule has 0 saturated heterocycles. The van der Waals surface area contributed by atoms with Crippen LogP contribution in [0.15, 0.2) is 44.8 Å². The molecule has 5 nitrogen and oxygen atoms in total. The Bertz CT molecular complexity index is 702. The third-order valence-corrected chi connectivity index (χ3v) is 5.76. The van der Waals surface area contributed by atoms with Gasteiger partial charge in [-0.05, 0) is 35.7 Å². The summed E-state index contributed by atoms with van der Waals surface area (Å²) in [7, 11) is -2.24. The minimum atomic E-state index is -3.73. The highest BCUT2D eigenvalue weighted by atomic mass is 32.2. The van der Waals surface area contributed by atoms with Gasteiger partial charge in [-0.15, -0.1) is 11.3 Å². The van der Waals surface area contributed by atoms with Gasteiger partial charge in [-0.1, -0.05) is 0 Å². The molecule has 19 heavy (non-hydrogen) atoms. The maximum atomic E-state index is 12.4. The average Bonchev–Trinajstić information content (AvgIpc) is 2.89. The molecule has 100 valence electrons. The molecule has 0 fully saturated rings. The molecule has 0 bridgehead atoms. The monoisotopic (exact) mass is 297 g/mol. The van der Waals surface area contributed by atoms with E-state index < -0.39 is 15.7 Å². The zero-order valence-electron chi connectivity index (χ0n) is 9.99. The minimum absolute atomic E-state index is 0.0146. The largest absolute Gasteiger partial charge is 0.497 e. The van der Waals surface area contributed by atoms with Crippen molar-refractivity contribution in [2.45, 2.75) is 9.10 Å². The molecule has 1 heterocycles. The van der Waals surface area contributed by atoms with Crippen LogP contribution in [-0.4, -0.2) is 21.4 Å². The van der Waals surface area contributed by atoms with Crippen LogP contribution in [0.25, 0.3) is 0 Å². The number of amides is 1. The summed E-state index contributed by atoms with van der Waals surface area (Å²) in [5.74, 6) is -0.200. The Labute approximate surface area is 114 Å². The summed E-state index contributed by atoms with van der Waals surface area (Å²) in [6.07, 6.45) is 0. The second kappa shape index (κ2) is 5.02. The van der Waals surface area contributed by atoms with Crippen molar-refractivity contribution in [2.75, 3.05) is 7.11 Å². The third kappa shape index (κ3) is 2.47. The fourth-order valence-electron chi connectivity index (χ4n) is 1.55. The standard InChI is InChI=1S/C12H11NO4S2/c1-17-8-2-4-9(5-3-8)19(15,16)12-10(11(13)14)6-7-18-12/h2-7H,1H3,(H2,13,14). The molecule has 0 atom stereocenters. The summed E-state index contributed by atoms with van der Waals surface area (Å²) in [6.45, 7) is 0. The first-order valence-corrected chi connectivity index (χ1v) is 7.59. The molecule has 0 unspecified atom stereocenters. The van der Waals surface area contributed by atoms with Gasteiger partial charge in [0.05, 0.1) is 17.6 Å². The van der Waals surface area contributed by atoms with Gasteiger partial charge in [-0.2, -0.15) is 0 Å². The first kappa shape index (κ1) is 13.6. The molecule has 2 aromatic rings. The maximum absolute atomic E-state index is 12.4. The fourth-order valence-corrected chi connectivity index (χ4v) is 4.30. The number of methoxy groups -OCH3 is 1. The zero-order valence-corrected chi connectivity index (χ0v) is 11.6. The van der Waals surface area contributed by atoms with Gasteiger partial charge in [-0.25, -0.2) is 8.42 Å². The van der Waals surface area contributed by atoms with Crippen molar-refractivity contribution in [1.82, 2.24) is 0 Å². The summed E-state index contributed by atoms with van der Waals surface area (Å²) >= 11 is 0.970.